The maximum Gasteiger partial charge on any atom is 0.241 e. The highest BCUT2D eigenvalue weighted by Gasteiger charge is 2.37. The first-order valence-electron chi connectivity index (χ1n) is 9.22. The molecule has 7 heteroatoms. The summed E-state index contributed by atoms with van der Waals surface area (Å²) in [5, 5.41) is 3.07. The van der Waals surface area contributed by atoms with Crippen molar-refractivity contribution in [3.63, 3.8) is 0 Å². The normalized spacial score (nSPS) is 29.4. The SMILES string of the molecule is O=C(NC1CC1)C1CCCN(C(=O)C2CC(c3ccccn3)NN2)C1. The zero-order chi connectivity index (χ0) is 17.2. The van der Waals surface area contributed by atoms with E-state index in [4.69, 9.17) is 0 Å². The van der Waals surface area contributed by atoms with Gasteiger partial charge in [-0.05, 0) is 44.2 Å². The summed E-state index contributed by atoms with van der Waals surface area (Å²) in [4.78, 5) is 31.3. The molecule has 0 spiro atoms. The van der Waals surface area contributed by atoms with Gasteiger partial charge in [0.1, 0.15) is 6.04 Å². The highest BCUT2D eigenvalue weighted by molar-refractivity contribution is 5.84. The highest BCUT2D eigenvalue weighted by Crippen LogP contribution is 2.25. The van der Waals surface area contributed by atoms with E-state index in [1.165, 1.54) is 0 Å². The van der Waals surface area contributed by atoms with Gasteiger partial charge in [0.15, 0.2) is 0 Å². The number of nitrogens with one attached hydrogen (secondary N) is 3. The zero-order valence-corrected chi connectivity index (χ0v) is 14.3. The van der Waals surface area contributed by atoms with Crippen LogP contribution in [0.2, 0.25) is 0 Å². The number of carbonyl (C=O) groups excluding carboxylic acids is 2. The van der Waals surface area contributed by atoms with Crippen LogP contribution in [0.15, 0.2) is 24.4 Å². The lowest BCUT2D eigenvalue weighted by molar-refractivity contribution is -0.137. The lowest BCUT2D eigenvalue weighted by Gasteiger charge is -2.33. The molecule has 0 radical (unpaired) electrons. The molecule has 2 saturated heterocycles. The largest absolute Gasteiger partial charge is 0.353 e. The molecule has 1 aromatic heterocycles. The molecule has 0 aromatic carbocycles. The molecule has 25 heavy (non-hydrogen) atoms. The van der Waals surface area contributed by atoms with Crippen LogP contribution in [-0.2, 0) is 9.59 Å². The molecule has 1 aromatic rings. The number of nitrogens with zero attached hydrogens (tertiary/aromatic N) is 2. The van der Waals surface area contributed by atoms with Crippen LogP contribution in [0, 0.1) is 5.92 Å². The minimum absolute atomic E-state index is 0.0360. The maximum absolute atomic E-state index is 12.9. The van der Waals surface area contributed by atoms with E-state index in [1.807, 2.05) is 23.1 Å². The number of hydrazine groups is 1. The van der Waals surface area contributed by atoms with Crippen LogP contribution in [0.25, 0.3) is 0 Å². The fraction of sp³-hybridized carbons (Fsp3) is 0.611. The average Bonchev–Trinajstić information content (AvgIpc) is 3.34. The van der Waals surface area contributed by atoms with Gasteiger partial charge < -0.3 is 10.2 Å². The third kappa shape index (κ3) is 3.82. The van der Waals surface area contributed by atoms with Gasteiger partial charge in [0.2, 0.25) is 11.8 Å². The van der Waals surface area contributed by atoms with Gasteiger partial charge in [-0.25, -0.2) is 10.9 Å². The van der Waals surface area contributed by atoms with E-state index in [-0.39, 0.29) is 29.8 Å². The van der Waals surface area contributed by atoms with Crippen molar-refractivity contribution >= 4 is 11.8 Å². The van der Waals surface area contributed by atoms with E-state index in [0.717, 1.165) is 37.9 Å². The van der Waals surface area contributed by atoms with Gasteiger partial charge in [-0.15, -0.1) is 0 Å². The smallest absolute Gasteiger partial charge is 0.241 e. The van der Waals surface area contributed by atoms with Crippen molar-refractivity contribution in [1.82, 2.24) is 26.1 Å². The number of likely N-dealkylation sites (tertiary alicyclic amines) is 1. The second-order valence-corrected chi connectivity index (χ2v) is 7.29. The molecule has 3 fully saturated rings. The van der Waals surface area contributed by atoms with Crippen LogP contribution in [0.3, 0.4) is 0 Å². The number of hydrogen-bond donors (Lipinski definition) is 3. The summed E-state index contributed by atoms with van der Waals surface area (Å²) in [6.07, 6.45) is 6.38. The van der Waals surface area contributed by atoms with E-state index in [0.29, 0.717) is 19.0 Å². The van der Waals surface area contributed by atoms with Gasteiger partial charge in [0, 0.05) is 25.3 Å². The molecule has 134 valence electrons. The minimum Gasteiger partial charge on any atom is -0.353 e. The number of hydrogen-bond acceptors (Lipinski definition) is 5. The molecule has 1 saturated carbocycles. The predicted octanol–water partition coefficient (Wildman–Crippen LogP) is 0.506. The van der Waals surface area contributed by atoms with Crippen LogP contribution < -0.4 is 16.2 Å². The number of aromatic nitrogens is 1. The summed E-state index contributed by atoms with van der Waals surface area (Å²) >= 11 is 0. The fourth-order valence-corrected chi connectivity index (χ4v) is 3.65. The van der Waals surface area contributed by atoms with Crippen molar-refractivity contribution in [1.29, 1.82) is 0 Å². The summed E-state index contributed by atoms with van der Waals surface area (Å²) in [6, 6.07) is 5.94. The first-order valence-corrected chi connectivity index (χ1v) is 9.22. The maximum atomic E-state index is 12.9. The Morgan fingerprint density at radius 1 is 1.20 bits per heavy atom. The van der Waals surface area contributed by atoms with Crippen LogP contribution in [0.4, 0.5) is 0 Å². The summed E-state index contributed by atoms with van der Waals surface area (Å²) in [6.45, 7) is 1.27. The first kappa shape index (κ1) is 16.5. The molecule has 2 aliphatic heterocycles. The van der Waals surface area contributed by atoms with Crippen LogP contribution >= 0.6 is 0 Å². The summed E-state index contributed by atoms with van der Waals surface area (Å²) in [5.74, 6) is 0.123. The van der Waals surface area contributed by atoms with Gasteiger partial charge in [0.25, 0.3) is 0 Å². The third-order valence-electron chi connectivity index (χ3n) is 5.27. The quantitative estimate of drug-likeness (QED) is 0.741. The van der Waals surface area contributed by atoms with Crippen LogP contribution in [-0.4, -0.2) is 46.9 Å². The van der Waals surface area contributed by atoms with Crippen molar-refractivity contribution in [2.45, 2.75) is 50.2 Å². The van der Waals surface area contributed by atoms with Crippen molar-refractivity contribution in [3.05, 3.63) is 30.1 Å². The molecular weight excluding hydrogens is 318 g/mol. The zero-order valence-electron chi connectivity index (χ0n) is 14.3. The van der Waals surface area contributed by atoms with Gasteiger partial charge in [-0.1, -0.05) is 6.07 Å². The molecule has 3 aliphatic rings. The summed E-state index contributed by atoms with van der Waals surface area (Å²) in [7, 11) is 0. The Morgan fingerprint density at radius 3 is 2.84 bits per heavy atom. The van der Waals surface area contributed by atoms with Crippen LogP contribution in [0.5, 0.6) is 0 Å². The Hall–Kier alpha value is -1.99. The minimum atomic E-state index is -0.266. The van der Waals surface area contributed by atoms with Gasteiger partial charge in [-0.2, -0.15) is 0 Å². The number of carbonyl (C=O) groups is 2. The molecule has 4 rings (SSSR count). The predicted molar refractivity (Wildman–Crippen MR) is 92.1 cm³/mol. The van der Waals surface area contributed by atoms with Crippen molar-refractivity contribution in [2.24, 2.45) is 5.92 Å². The Bertz CT molecular complexity index is 634. The van der Waals surface area contributed by atoms with Crippen molar-refractivity contribution in [2.75, 3.05) is 13.1 Å². The molecule has 3 N–H and O–H groups in total. The second-order valence-electron chi connectivity index (χ2n) is 7.29. The number of pyridine rings is 1. The standard InChI is InChI=1S/C18H25N5O2/c24-17(20-13-6-7-13)12-4-3-9-23(11-12)18(25)16-10-15(21-22-16)14-5-1-2-8-19-14/h1-2,5,8,12-13,15-16,21-22H,3-4,6-7,9-11H2,(H,20,24). The molecule has 3 atom stereocenters. The van der Waals surface area contributed by atoms with E-state index >= 15 is 0 Å². The second kappa shape index (κ2) is 7.09. The molecule has 0 bridgehead atoms. The third-order valence-corrected chi connectivity index (χ3v) is 5.27. The molecule has 3 heterocycles. The molecule has 2 amide bonds. The van der Waals surface area contributed by atoms with Gasteiger partial charge in [0.05, 0.1) is 17.7 Å². The Labute approximate surface area is 147 Å². The highest BCUT2D eigenvalue weighted by atomic mass is 16.2. The van der Waals surface area contributed by atoms with E-state index < -0.39 is 0 Å². The molecule has 1 aliphatic carbocycles. The van der Waals surface area contributed by atoms with E-state index in [2.05, 4.69) is 21.2 Å². The number of amides is 2. The Balaban J connectivity index is 1.33. The number of rotatable bonds is 4. The average molecular weight is 343 g/mol. The molecule has 3 unspecified atom stereocenters. The first-order chi connectivity index (χ1) is 12.2. The lowest BCUT2D eigenvalue weighted by Crippen LogP contribution is -2.51. The Morgan fingerprint density at radius 2 is 2.08 bits per heavy atom. The Kier molecular flexibility index (Phi) is 4.67. The molecular formula is C18H25N5O2. The topological polar surface area (TPSA) is 86.4 Å². The summed E-state index contributed by atoms with van der Waals surface area (Å²) < 4.78 is 0. The van der Waals surface area contributed by atoms with E-state index in [9.17, 15) is 9.59 Å². The lowest BCUT2D eigenvalue weighted by atomic mass is 9.96. The number of piperidine rings is 1. The van der Waals surface area contributed by atoms with E-state index in [1.54, 1.807) is 6.20 Å². The van der Waals surface area contributed by atoms with Crippen molar-refractivity contribution < 1.29 is 9.59 Å². The van der Waals surface area contributed by atoms with Gasteiger partial charge >= 0.3 is 0 Å². The van der Waals surface area contributed by atoms with Gasteiger partial charge in [-0.3, -0.25) is 14.6 Å². The fourth-order valence-electron chi connectivity index (χ4n) is 3.65. The monoisotopic (exact) mass is 343 g/mol. The van der Waals surface area contributed by atoms with Crippen LogP contribution in [0.1, 0.15) is 43.8 Å². The molecule has 7 nitrogen and oxygen atoms in total. The summed E-state index contributed by atoms with van der Waals surface area (Å²) in [5.41, 5.74) is 7.21. The van der Waals surface area contributed by atoms with Crippen molar-refractivity contribution in [3.8, 4) is 0 Å².